The summed E-state index contributed by atoms with van der Waals surface area (Å²) in [6.45, 7) is 4.06. The highest BCUT2D eigenvalue weighted by Crippen LogP contribution is 2.23. The summed E-state index contributed by atoms with van der Waals surface area (Å²) in [4.78, 5) is 12.6. The van der Waals surface area contributed by atoms with E-state index in [0.29, 0.717) is 16.4 Å². The lowest BCUT2D eigenvalue weighted by Gasteiger charge is -2.21. The first kappa shape index (κ1) is 15.5. The van der Waals surface area contributed by atoms with Crippen LogP contribution in [0.2, 0.25) is 5.02 Å². The fraction of sp³-hybridized carbons (Fsp3) is 0.235. The Kier molecular flexibility index (Phi) is 4.30. The highest BCUT2D eigenvalue weighted by atomic mass is 35.5. The van der Waals surface area contributed by atoms with Gasteiger partial charge in [-0.1, -0.05) is 43.6 Å². The van der Waals surface area contributed by atoms with Crippen molar-refractivity contribution in [2.75, 3.05) is 0 Å². The van der Waals surface area contributed by atoms with Gasteiger partial charge in [-0.3, -0.25) is 9.20 Å². The molecule has 118 valence electrons. The fourth-order valence-corrected chi connectivity index (χ4v) is 2.69. The number of fused-ring (bicyclic) bond motifs is 1. The van der Waals surface area contributed by atoms with Crippen molar-refractivity contribution in [3.05, 3.63) is 65.1 Å². The van der Waals surface area contributed by atoms with Crippen LogP contribution < -0.4 is 5.32 Å². The molecule has 23 heavy (non-hydrogen) atoms. The molecule has 1 N–H and O–H groups in total. The summed E-state index contributed by atoms with van der Waals surface area (Å²) in [5.41, 5.74) is 1.20. The lowest BCUT2D eigenvalue weighted by molar-refractivity contribution is 0.0923. The minimum Gasteiger partial charge on any atom is -0.342 e. The first-order valence-corrected chi connectivity index (χ1v) is 7.81. The Hall–Kier alpha value is -2.40. The summed E-state index contributed by atoms with van der Waals surface area (Å²) >= 11 is 6.11. The van der Waals surface area contributed by atoms with E-state index in [1.165, 1.54) is 0 Å². The third-order valence-corrected chi connectivity index (χ3v) is 4.02. The molecule has 0 aliphatic heterocycles. The monoisotopic (exact) mass is 328 g/mol. The van der Waals surface area contributed by atoms with E-state index < -0.39 is 0 Å². The van der Waals surface area contributed by atoms with Crippen molar-refractivity contribution in [2.24, 2.45) is 5.92 Å². The van der Waals surface area contributed by atoms with Gasteiger partial charge in [-0.2, -0.15) is 0 Å². The van der Waals surface area contributed by atoms with Gasteiger partial charge in [0.25, 0.3) is 5.91 Å². The summed E-state index contributed by atoms with van der Waals surface area (Å²) < 4.78 is 1.89. The average molecular weight is 329 g/mol. The van der Waals surface area contributed by atoms with Gasteiger partial charge >= 0.3 is 0 Å². The molecule has 6 heteroatoms. The van der Waals surface area contributed by atoms with E-state index >= 15 is 0 Å². The molecule has 0 aliphatic rings. The quantitative estimate of drug-likeness (QED) is 0.797. The molecular formula is C17H17ClN4O. The fourth-order valence-electron chi connectivity index (χ4n) is 2.47. The summed E-state index contributed by atoms with van der Waals surface area (Å²) in [6.07, 6.45) is 1.89. The van der Waals surface area contributed by atoms with Gasteiger partial charge in [0, 0.05) is 6.20 Å². The smallest absolute Gasteiger partial charge is 0.253 e. The molecule has 0 aliphatic carbocycles. The Labute approximate surface area is 139 Å². The zero-order valence-corrected chi connectivity index (χ0v) is 13.7. The molecular weight excluding hydrogens is 312 g/mol. The Morgan fingerprint density at radius 2 is 1.87 bits per heavy atom. The third-order valence-electron chi connectivity index (χ3n) is 3.69. The van der Waals surface area contributed by atoms with E-state index in [9.17, 15) is 4.79 Å². The van der Waals surface area contributed by atoms with E-state index in [1.807, 2.05) is 42.6 Å². The lowest BCUT2D eigenvalue weighted by atomic mass is 10.0. The maximum Gasteiger partial charge on any atom is 0.253 e. The number of benzene rings is 1. The molecule has 3 aromatic rings. The van der Waals surface area contributed by atoms with Gasteiger partial charge in [-0.05, 0) is 30.2 Å². The van der Waals surface area contributed by atoms with E-state index in [4.69, 9.17) is 11.6 Å². The predicted molar refractivity (Wildman–Crippen MR) is 89.5 cm³/mol. The molecule has 1 atom stereocenters. The summed E-state index contributed by atoms with van der Waals surface area (Å²) in [7, 11) is 0. The van der Waals surface area contributed by atoms with Crippen LogP contribution in [0.5, 0.6) is 0 Å². The van der Waals surface area contributed by atoms with Crippen LogP contribution >= 0.6 is 11.6 Å². The second-order valence-corrected chi connectivity index (χ2v) is 6.07. The number of hydrogen-bond acceptors (Lipinski definition) is 3. The largest absolute Gasteiger partial charge is 0.342 e. The van der Waals surface area contributed by atoms with Gasteiger partial charge in [0.15, 0.2) is 11.5 Å². The first-order chi connectivity index (χ1) is 11.1. The Balaban J connectivity index is 1.94. The molecule has 0 unspecified atom stereocenters. The normalized spacial score (nSPS) is 12.5. The number of aromatic nitrogens is 3. The Bertz CT molecular complexity index is 843. The molecule has 1 aromatic carbocycles. The van der Waals surface area contributed by atoms with E-state index in [-0.39, 0.29) is 17.9 Å². The molecule has 0 radical (unpaired) electrons. The van der Waals surface area contributed by atoms with Gasteiger partial charge in [0.2, 0.25) is 0 Å². The number of nitrogens with zero attached hydrogens (tertiary/aromatic N) is 3. The SMILES string of the molecule is CC(C)[C@@H](NC(=O)c1ccccc1Cl)c1nnc2ccccn12. The Morgan fingerprint density at radius 1 is 1.13 bits per heavy atom. The molecule has 0 saturated carbocycles. The van der Waals surface area contributed by atoms with Crippen LogP contribution in [0.3, 0.4) is 0 Å². The number of nitrogens with one attached hydrogen (secondary N) is 1. The van der Waals surface area contributed by atoms with Crippen LogP contribution in [0.25, 0.3) is 5.65 Å². The van der Waals surface area contributed by atoms with Gasteiger partial charge in [-0.15, -0.1) is 10.2 Å². The Morgan fingerprint density at radius 3 is 2.61 bits per heavy atom. The van der Waals surface area contributed by atoms with Gasteiger partial charge < -0.3 is 5.32 Å². The first-order valence-electron chi connectivity index (χ1n) is 7.43. The van der Waals surface area contributed by atoms with Crippen molar-refractivity contribution in [3.63, 3.8) is 0 Å². The van der Waals surface area contributed by atoms with Crippen molar-refractivity contribution in [1.82, 2.24) is 19.9 Å². The maximum absolute atomic E-state index is 12.6. The predicted octanol–water partition coefficient (Wildman–Crippen LogP) is 3.51. The second-order valence-electron chi connectivity index (χ2n) is 5.66. The van der Waals surface area contributed by atoms with Crippen LogP contribution in [0, 0.1) is 5.92 Å². The molecule has 2 aromatic heterocycles. The minimum atomic E-state index is -0.267. The molecule has 0 fully saturated rings. The lowest BCUT2D eigenvalue weighted by Crippen LogP contribution is -2.33. The zero-order valence-electron chi connectivity index (χ0n) is 12.9. The van der Waals surface area contributed by atoms with Crippen LogP contribution in [0.15, 0.2) is 48.7 Å². The molecule has 0 spiro atoms. The van der Waals surface area contributed by atoms with Crippen LogP contribution in [0.1, 0.15) is 36.1 Å². The van der Waals surface area contributed by atoms with Crippen molar-refractivity contribution in [2.45, 2.75) is 19.9 Å². The minimum absolute atomic E-state index is 0.147. The number of carbonyl (C=O) groups excluding carboxylic acids is 1. The van der Waals surface area contributed by atoms with Crippen LogP contribution in [-0.4, -0.2) is 20.5 Å². The summed E-state index contributed by atoms with van der Waals surface area (Å²) in [5, 5.41) is 11.9. The van der Waals surface area contributed by atoms with Gasteiger partial charge in [0.1, 0.15) is 0 Å². The molecule has 0 bridgehead atoms. The summed E-state index contributed by atoms with van der Waals surface area (Å²) in [6, 6.07) is 12.4. The molecule has 5 nitrogen and oxygen atoms in total. The van der Waals surface area contributed by atoms with Gasteiger partial charge in [-0.25, -0.2) is 0 Å². The van der Waals surface area contributed by atoms with Crippen molar-refractivity contribution in [3.8, 4) is 0 Å². The van der Waals surface area contributed by atoms with E-state index in [2.05, 4.69) is 15.5 Å². The van der Waals surface area contributed by atoms with Gasteiger partial charge in [0.05, 0.1) is 16.6 Å². The van der Waals surface area contributed by atoms with E-state index in [1.54, 1.807) is 24.3 Å². The number of halogens is 1. The standard InChI is InChI=1S/C17H17ClN4O/c1-11(2)15(16-21-20-14-9-5-6-10-22(14)16)19-17(23)12-7-3-4-8-13(12)18/h3-11,15H,1-2H3,(H,19,23)/t15-/m1/s1. The summed E-state index contributed by atoms with van der Waals surface area (Å²) in [5.74, 6) is 0.632. The topological polar surface area (TPSA) is 59.3 Å². The molecule has 0 saturated heterocycles. The van der Waals surface area contributed by atoms with Crippen molar-refractivity contribution >= 4 is 23.2 Å². The van der Waals surface area contributed by atoms with Crippen LogP contribution in [0.4, 0.5) is 0 Å². The van der Waals surface area contributed by atoms with E-state index in [0.717, 1.165) is 5.65 Å². The average Bonchev–Trinajstić information content (AvgIpc) is 2.96. The zero-order chi connectivity index (χ0) is 16.4. The highest BCUT2D eigenvalue weighted by molar-refractivity contribution is 6.33. The third kappa shape index (κ3) is 3.05. The molecule has 2 heterocycles. The number of carbonyl (C=O) groups is 1. The highest BCUT2D eigenvalue weighted by Gasteiger charge is 2.24. The number of amides is 1. The second kappa shape index (κ2) is 6.38. The van der Waals surface area contributed by atoms with Crippen LogP contribution in [-0.2, 0) is 0 Å². The molecule has 1 amide bonds. The van der Waals surface area contributed by atoms with Crippen molar-refractivity contribution in [1.29, 1.82) is 0 Å². The number of pyridine rings is 1. The maximum atomic E-state index is 12.6. The number of rotatable bonds is 4. The number of hydrogen-bond donors (Lipinski definition) is 1. The molecule has 3 rings (SSSR count). The van der Waals surface area contributed by atoms with Crippen molar-refractivity contribution < 1.29 is 4.79 Å².